The van der Waals surface area contributed by atoms with Crippen LogP contribution in [0.15, 0.2) is 18.2 Å². The first kappa shape index (κ1) is 16.4. The van der Waals surface area contributed by atoms with E-state index in [9.17, 15) is 0 Å². The zero-order chi connectivity index (χ0) is 11.0. The summed E-state index contributed by atoms with van der Waals surface area (Å²) in [7, 11) is 1.71. The first-order valence-corrected chi connectivity index (χ1v) is 5.41. The highest BCUT2D eigenvalue weighted by Crippen LogP contribution is 2.18. The molecule has 0 aromatic heterocycles. The van der Waals surface area contributed by atoms with Crippen molar-refractivity contribution in [2.75, 3.05) is 7.11 Å². The lowest BCUT2D eigenvalue weighted by Crippen LogP contribution is -1.89. The fourth-order valence-electron chi connectivity index (χ4n) is 1.38. The second-order valence-electron chi connectivity index (χ2n) is 3.05. The van der Waals surface area contributed by atoms with Crippen LogP contribution >= 0.6 is 0 Å². The lowest BCUT2D eigenvalue weighted by Gasteiger charge is -2.05. The van der Waals surface area contributed by atoms with E-state index in [1.165, 1.54) is 17.5 Å². The Morgan fingerprint density at radius 1 is 1.20 bits per heavy atom. The van der Waals surface area contributed by atoms with Gasteiger partial charge in [-0.15, -0.1) is 0 Å². The van der Waals surface area contributed by atoms with E-state index in [-0.39, 0.29) is 7.43 Å². The lowest BCUT2D eigenvalue weighted by atomic mass is 10.1. The Labute approximate surface area is 95.5 Å². The predicted octanol–water partition coefficient (Wildman–Crippen LogP) is 4.62. The summed E-state index contributed by atoms with van der Waals surface area (Å²) in [5.74, 6) is 0.981. The van der Waals surface area contributed by atoms with E-state index in [1.54, 1.807) is 7.11 Å². The number of hydrogen-bond donors (Lipinski definition) is 0. The lowest BCUT2D eigenvalue weighted by molar-refractivity contribution is 0.411. The Balaban J connectivity index is 0. The number of hydrogen-bond acceptors (Lipinski definition) is 1. The van der Waals surface area contributed by atoms with Crippen molar-refractivity contribution in [1.82, 2.24) is 0 Å². The normalized spacial score (nSPS) is 8.33. The molecular formula is C14H26O. The highest BCUT2D eigenvalue weighted by molar-refractivity contribution is 5.36. The van der Waals surface area contributed by atoms with Crippen molar-refractivity contribution in [2.45, 2.75) is 48.0 Å². The van der Waals surface area contributed by atoms with Crippen LogP contribution in [0, 0.1) is 6.92 Å². The van der Waals surface area contributed by atoms with Gasteiger partial charge < -0.3 is 4.74 Å². The smallest absolute Gasteiger partial charge is 0.121 e. The molecule has 0 heterocycles. The summed E-state index contributed by atoms with van der Waals surface area (Å²) in [5.41, 5.74) is 2.62. The van der Waals surface area contributed by atoms with Gasteiger partial charge in [-0.2, -0.15) is 0 Å². The van der Waals surface area contributed by atoms with Crippen LogP contribution in [0.4, 0.5) is 0 Å². The van der Waals surface area contributed by atoms with Gasteiger partial charge >= 0.3 is 0 Å². The van der Waals surface area contributed by atoms with E-state index in [4.69, 9.17) is 4.74 Å². The Morgan fingerprint density at radius 3 is 2.20 bits per heavy atom. The Kier molecular flexibility index (Phi) is 10.5. The standard InChI is InChI=1S/C11H16O.C2H6.CH4/c1-4-5-10-6-7-11(12-3)9(2)8-10;1-2;/h6-8H,4-5H2,1-3H3;1-2H3;1H4. The van der Waals surface area contributed by atoms with Gasteiger partial charge in [0.15, 0.2) is 0 Å². The minimum absolute atomic E-state index is 0. The summed E-state index contributed by atoms with van der Waals surface area (Å²) < 4.78 is 5.18. The molecule has 0 saturated carbocycles. The predicted molar refractivity (Wildman–Crippen MR) is 69.8 cm³/mol. The molecule has 0 unspecified atom stereocenters. The molecule has 0 amide bonds. The van der Waals surface area contributed by atoms with E-state index in [2.05, 4.69) is 26.0 Å². The van der Waals surface area contributed by atoms with E-state index >= 15 is 0 Å². The summed E-state index contributed by atoms with van der Waals surface area (Å²) in [5, 5.41) is 0. The maximum atomic E-state index is 5.18. The van der Waals surface area contributed by atoms with Gasteiger partial charge in [0.25, 0.3) is 0 Å². The monoisotopic (exact) mass is 210 g/mol. The molecule has 1 nitrogen and oxygen atoms in total. The molecule has 0 aliphatic carbocycles. The quantitative estimate of drug-likeness (QED) is 0.707. The fraction of sp³-hybridized carbons (Fsp3) is 0.571. The topological polar surface area (TPSA) is 9.23 Å². The highest BCUT2D eigenvalue weighted by atomic mass is 16.5. The molecular weight excluding hydrogens is 184 g/mol. The molecule has 1 rings (SSSR count). The van der Waals surface area contributed by atoms with E-state index in [0.29, 0.717) is 0 Å². The SMILES string of the molecule is C.CC.CCCc1ccc(OC)c(C)c1. The summed E-state index contributed by atoms with van der Waals surface area (Å²) in [6.07, 6.45) is 2.36. The van der Waals surface area contributed by atoms with Crippen LogP contribution in [0.5, 0.6) is 5.75 Å². The Morgan fingerprint density at radius 2 is 1.80 bits per heavy atom. The van der Waals surface area contributed by atoms with Crippen LogP contribution in [0.1, 0.15) is 45.7 Å². The van der Waals surface area contributed by atoms with Gasteiger partial charge in [0, 0.05) is 0 Å². The van der Waals surface area contributed by atoms with Gasteiger partial charge in [0.05, 0.1) is 7.11 Å². The van der Waals surface area contributed by atoms with Crippen molar-refractivity contribution >= 4 is 0 Å². The minimum Gasteiger partial charge on any atom is -0.496 e. The Bertz CT molecular complexity index is 254. The number of benzene rings is 1. The summed E-state index contributed by atoms with van der Waals surface area (Å²) in [4.78, 5) is 0. The van der Waals surface area contributed by atoms with Gasteiger partial charge in [-0.1, -0.05) is 46.8 Å². The third kappa shape index (κ3) is 5.46. The fourth-order valence-corrected chi connectivity index (χ4v) is 1.38. The van der Waals surface area contributed by atoms with Crippen LogP contribution in [0.25, 0.3) is 0 Å². The molecule has 0 aliphatic rings. The number of ether oxygens (including phenoxy) is 1. The van der Waals surface area contributed by atoms with Crippen LogP contribution < -0.4 is 4.74 Å². The largest absolute Gasteiger partial charge is 0.496 e. The molecule has 0 bridgehead atoms. The summed E-state index contributed by atoms with van der Waals surface area (Å²) >= 11 is 0. The van der Waals surface area contributed by atoms with Gasteiger partial charge in [-0.05, 0) is 30.5 Å². The number of aryl methyl sites for hydroxylation is 2. The molecule has 0 fully saturated rings. The molecule has 0 saturated heterocycles. The highest BCUT2D eigenvalue weighted by Gasteiger charge is 1.98. The van der Waals surface area contributed by atoms with E-state index in [1.807, 2.05) is 19.9 Å². The Hall–Kier alpha value is -0.980. The third-order valence-corrected chi connectivity index (χ3v) is 2.00. The average Bonchev–Trinajstić information content (AvgIpc) is 2.22. The summed E-state index contributed by atoms with van der Waals surface area (Å²) in [6, 6.07) is 6.37. The van der Waals surface area contributed by atoms with Crippen molar-refractivity contribution in [3.63, 3.8) is 0 Å². The van der Waals surface area contributed by atoms with Crippen LogP contribution in [-0.4, -0.2) is 7.11 Å². The van der Waals surface area contributed by atoms with Gasteiger partial charge in [0.1, 0.15) is 5.75 Å². The molecule has 0 spiro atoms. The first-order valence-electron chi connectivity index (χ1n) is 5.41. The van der Waals surface area contributed by atoms with Crippen molar-refractivity contribution in [1.29, 1.82) is 0 Å². The maximum absolute atomic E-state index is 5.18. The maximum Gasteiger partial charge on any atom is 0.121 e. The zero-order valence-electron chi connectivity index (χ0n) is 10.1. The minimum atomic E-state index is 0. The molecule has 1 aromatic rings. The number of methoxy groups -OCH3 is 1. The third-order valence-electron chi connectivity index (χ3n) is 2.00. The molecule has 88 valence electrons. The first-order chi connectivity index (χ1) is 6.77. The van der Waals surface area contributed by atoms with Crippen molar-refractivity contribution in [2.24, 2.45) is 0 Å². The van der Waals surface area contributed by atoms with Crippen LogP contribution in [0.2, 0.25) is 0 Å². The van der Waals surface area contributed by atoms with E-state index in [0.717, 1.165) is 12.2 Å². The van der Waals surface area contributed by atoms with Crippen molar-refractivity contribution in [3.05, 3.63) is 29.3 Å². The van der Waals surface area contributed by atoms with Crippen LogP contribution in [0.3, 0.4) is 0 Å². The molecule has 15 heavy (non-hydrogen) atoms. The molecule has 1 aromatic carbocycles. The van der Waals surface area contributed by atoms with Crippen molar-refractivity contribution < 1.29 is 4.74 Å². The van der Waals surface area contributed by atoms with E-state index < -0.39 is 0 Å². The number of rotatable bonds is 3. The molecule has 0 N–H and O–H groups in total. The second-order valence-corrected chi connectivity index (χ2v) is 3.05. The molecule has 0 atom stereocenters. The van der Waals surface area contributed by atoms with Gasteiger partial charge in [-0.25, -0.2) is 0 Å². The molecule has 0 aliphatic heterocycles. The average molecular weight is 210 g/mol. The van der Waals surface area contributed by atoms with Crippen molar-refractivity contribution in [3.8, 4) is 5.75 Å². The van der Waals surface area contributed by atoms with Gasteiger partial charge in [0.2, 0.25) is 0 Å². The molecule has 0 radical (unpaired) electrons. The van der Waals surface area contributed by atoms with Crippen LogP contribution in [-0.2, 0) is 6.42 Å². The van der Waals surface area contributed by atoms with Gasteiger partial charge in [-0.3, -0.25) is 0 Å². The zero-order valence-corrected chi connectivity index (χ0v) is 10.1. The molecule has 1 heteroatoms. The summed E-state index contributed by atoms with van der Waals surface area (Å²) in [6.45, 7) is 8.28. The second kappa shape index (κ2) is 9.57.